The molecule has 1 rings (SSSR count). The summed E-state index contributed by atoms with van der Waals surface area (Å²) in [5.41, 5.74) is 0. The Labute approximate surface area is 71.1 Å². The van der Waals surface area contributed by atoms with Gasteiger partial charge in [0.1, 0.15) is 5.78 Å². The summed E-state index contributed by atoms with van der Waals surface area (Å²) in [6.45, 7) is 3.71. The minimum absolute atomic E-state index is 0.134. The average molecular weight is 168 g/mol. The van der Waals surface area contributed by atoms with Crippen molar-refractivity contribution in [2.24, 2.45) is 0 Å². The topological polar surface area (TPSA) is 17.1 Å². The molecule has 11 heavy (non-hydrogen) atoms. The van der Waals surface area contributed by atoms with Crippen LogP contribution in [0.2, 0.25) is 0 Å². The molecule has 0 spiro atoms. The number of carbonyl (C=O) groups excluding carboxylic acids is 1. The fraction of sp³-hybridized carbons (Fsp3) is 0.444. The molecule has 0 bridgehead atoms. The Morgan fingerprint density at radius 3 is 2.82 bits per heavy atom. The minimum atomic E-state index is 0.134. The van der Waals surface area contributed by atoms with Crippen LogP contribution in [0.4, 0.5) is 0 Å². The summed E-state index contributed by atoms with van der Waals surface area (Å²) in [7, 11) is 0. The number of Topliss-reactive ketones (excluding diaryl/α,β-unsaturated/α-hetero) is 1. The van der Waals surface area contributed by atoms with Gasteiger partial charge in [0.05, 0.1) is 5.92 Å². The van der Waals surface area contributed by atoms with Crippen LogP contribution in [0.5, 0.6) is 0 Å². The molecule has 1 unspecified atom stereocenters. The molecule has 1 atom stereocenters. The lowest BCUT2D eigenvalue weighted by Gasteiger charge is -2.06. The summed E-state index contributed by atoms with van der Waals surface area (Å²) >= 11 is 1.66. The third-order valence-corrected chi connectivity index (χ3v) is 2.77. The molecule has 1 nitrogen and oxygen atoms in total. The molecule has 0 radical (unpaired) electrons. The number of rotatable bonds is 3. The lowest BCUT2D eigenvalue weighted by Crippen LogP contribution is -2.05. The first kappa shape index (κ1) is 8.47. The van der Waals surface area contributed by atoms with Crippen molar-refractivity contribution in [3.8, 4) is 0 Å². The number of hydrogen-bond donors (Lipinski definition) is 0. The molecule has 0 fully saturated rings. The van der Waals surface area contributed by atoms with Gasteiger partial charge in [-0.15, -0.1) is 11.3 Å². The van der Waals surface area contributed by atoms with E-state index in [1.54, 1.807) is 18.3 Å². The first-order valence-electron chi connectivity index (χ1n) is 3.79. The van der Waals surface area contributed by atoms with Crippen molar-refractivity contribution in [3.05, 3.63) is 22.4 Å². The van der Waals surface area contributed by atoms with Crippen molar-refractivity contribution in [1.29, 1.82) is 0 Å². The van der Waals surface area contributed by atoms with E-state index in [2.05, 4.69) is 0 Å². The van der Waals surface area contributed by atoms with E-state index in [9.17, 15) is 4.79 Å². The minimum Gasteiger partial charge on any atom is -0.299 e. The van der Waals surface area contributed by atoms with Gasteiger partial charge in [-0.2, -0.15) is 0 Å². The predicted octanol–water partition coefficient (Wildman–Crippen LogP) is 2.83. The SMILES string of the molecule is CCC(C(C)=O)c1cccs1. The first-order valence-corrected chi connectivity index (χ1v) is 4.67. The van der Waals surface area contributed by atoms with Crippen molar-refractivity contribution in [3.63, 3.8) is 0 Å². The Kier molecular flexibility index (Phi) is 2.83. The molecule has 0 aromatic carbocycles. The van der Waals surface area contributed by atoms with Crippen LogP contribution in [-0.4, -0.2) is 5.78 Å². The van der Waals surface area contributed by atoms with Gasteiger partial charge in [0, 0.05) is 4.88 Å². The second kappa shape index (κ2) is 3.67. The third kappa shape index (κ3) is 1.90. The smallest absolute Gasteiger partial charge is 0.138 e. The van der Waals surface area contributed by atoms with Crippen LogP contribution in [0, 0.1) is 0 Å². The van der Waals surface area contributed by atoms with Crippen LogP contribution in [0.25, 0.3) is 0 Å². The fourth-order valence-electron chi connectivity index (χ4n) is 1.18. The van der Waals surface area contributed by atoms with Crippen molar-refractivity contribution in [1.82, 2.24) is 0 Å². The summed E-state index contributed by atoms with van der Waals surface area (Å²) in [6, 6.07) is 4.02. The maximum absolute atomic E-state index is 11.1. The van der Waals surface area contributed by atoms with E-state index in [-0.39, 0.29) is 11.7 Å². The number of thiophene rings is 1. The second-order valence-corrected chi connectivity index (χ2v) is 3.57. The van der Waals surface area contributed by atoms with Crippen LogP contribution < -0.4 is 0 Å². The molecule has 0 saturated carbocycles. The Hall–Kier alpha value is -0.630. The standard InChI is InChI=1S/C9H12OS/c1-3-8(7(2)10)9-5-4-6-11-9/h4-6,8H,3H2,1-2H3. The number of ketones is 1. The van der Waals surface area contributed by atoms with Crippen molar-refractivity contribution in [2.75, 3.05) is 0 Å². The maximum Gasteiger partial charge on any atom is 0.138 e. The van der Waals surface area contributed by atoms with Crippen molar-refractivity contribution < 1.29 is 4.79 Å². The molecule has 1 aromatic heterocycles. The predicted molar refractivity (Wildman–Crippen MR) is 48.0 cm³/mol. The van der Waals surface area contributed by atoms with E-state index >= 15 is 0 Å². The molecule has 1 aromatic rings. The van der Waals surface area contributed by atoms with Crippen molar-refractivity contribution >= 4 is 17.1 Å². The molecule has 0 N–H and O–H groups in total. The van der Waals surface area contributed by atoms with E-state index < -0.39 is 0 Å². The zero-order valence-corrected chi connectivity index (χ0v) is 7.65. The maximum atomic E-state index is 11.1. The molecule has 0 aliphatic carbocycles. The highest BCUT2D eigenvalue weighted by molar-refractivity contribution is 7.10. The molecular formula is C9H12OS. The van der Waals surface area contributed by atoms with Gasteiger partial charge < -0.3 is 0 Å². The monoisotopic (exact) mass is 168 g/mol. The van der Waals surface area contributed by atoms with Crippen LogP contribution in [0.3, 0.4) is 0 Å². The van der Waals surface area contributed by atoms with Crippen LogP contribution in [0.15, 0.2) is 17.5 Å². The zero-order chi connectivity index (χ0) is 8.27. The Morgan fingerprint density at radius 1 is 1.73 bits per heavy atom. The van der Waals surface area contributed by atoms with E-state index in [4.69, 9.17) is 0 Å². The summed E-state index contributed by atoms with van der Waals surface area (Å²) in [5, 5.41) is 2.01. The highest BCUT2D eigenvalue weighted by Crippen LogP contribution is 2.24. The average Bonchev–Trinajstić information content (AvgIpc) is 2.40. The second-order valence-electron chi connectivity index (χ2n) is 2.59. The molecule has 0 aliphatic rings. The Balaban J connectivity index is 2.79. The number of carbonyl (C=O) groups is 1. The normalized spacial score (nSPS) is 12.9. The molecule has 2 heteroatoms. The van der Waals surface area contributed by atoms with Crippen LogP contribution in [0.1, 0.15) is 31.1 Å². The fourth-order valence-corrected chi connectivity index (χ4v) is 2.15. The van der Waals surface area contributed by atoms with Gasteiger partial charge in [-0.25, -0.2) is 0 Å². The Bertz CT molecular complexity index is 226. The molecule has 60 valence electrons. The first-order chi connectivity index (χ1) is 5.25. The van der Waals surface area contributed by atoms with Gasteiger partial charge in [-0.1, -0.05) is 13.0 Å². The third-order valence-electron chi connectivity index (χ3n) is 1.79. The summed E-state index contributed by atoms with van der Waals surface area (Å²) in [5.74, 6) is 0.407. The highest BCUT2D eigenvalue weighted by Gasteiger charge is 2.14. The lowest BCUT2D eigenvalue weighted by molar-refractivity contribution is -0.118. The summed E-state index contributed by atoms with van der Waals surface area (Å²) in [6.07, 6.45) is 0.913. The zero-order valence-electron chi connectivity index (χ0n) is 6.83. The van der Waals surface area contributed by atoms with Crippen LogP contribution in [-0.2, 0) is 4.79 Å². The van der Waals surface area contributed by atoms with Gasteiger partial charge in [0.25, 0.3) is 0 Å². The number of hydrogen-bond acceptors (Lipinski definition) is 2. The van der Waals surface area contributed by atoms with Crippen molar-refractivity contribution in [2.45, 2.75) is 26.2 Å². The van der Waals surface area contributed by atoms with E-state index in [0.717, 1.165) is 6.42 Å². The summed E-state index contributed by atoms with van der Waals surface area (Å²) in [4.78, 5) is 12.3. The highest BCUT2D eigenvalue weighted by atomic mass is 32.1. The molecule has 1 heterocycles. The largest absolute Gasteiger partial charge is 0.299 e. The lowest BCUT2D eigenvalue weighted by atomic mass is 10.0. The quantitative estimate of drug-likeness (QED) is 0.678. The van der Waals surface area contributed by atoms with Gasteiger partial charge in [-0.3, -0.25) is 4.79 Å². The molecule has 0 aliphatic heterocycles. The van der Waals surface area contributed by atoms with Gasteiger partial charge in [0.2, 0.25) is 0 Å². The van der Waals surface area contributed by atoms with Gasteiger partial charge in [0.15, 0.2) is 0 Å². The van der Waals surface area contributed by atoms with Crippen LogP contribution >= 0.6 is 11.3 Å². The molecule has 0 amide bonds. The molecule has 0 saturated heterocycles. The summed E-state index contributed by atoms with van der Waals surface area (Å²) < 4.78 is 0. The van der Waals surface area contributed by atoms with Gasteiger partial charge >= 0.3 is 0 Å². The van der Waals surface area contributed by atoms with E-state index in [0.29, 0.717) is 0 Å². The molecular weight excluding hydrogens is 156 g/mol. The van der Waals surface area contributed by atoms with Gasteiger partial charge in [-0.05, 0) is 24.8 Å². The van der Waals surface area contributed by atoms with E-state index in [1.807, 2.05) is 24.4 Å². The Morgan fingerprint density at radius 2 is 2.45 bits per heavy atom. The van der Waals surface area contributed by atoms with E-state index in [1.165, 1.54) is 4.88 Å².